The van der Waals surface area contributed by atoms with Gasteiger partial charge in [0.25, 0.3) is 0 Å². The molecule has 0 unspecified atom stereocenters. The highest BCUT2D eigenvalue weighted by atomic mass is 35.5. The van der Waals surface area contributed by atoms with Crippen molar-refractivity contribution >= 4 is 62.7 Å². The van der Waals surface area contributed by atoms with Gasteiger partial charge in [-0.2, -0.15) is 5.26 Å². The molecule has 0 saturated carbocycles. The second kappa shape index (κ2) is 9.26. The van der Waals surface area contributed by atoms with Crippen molar-refractivity contribution in [3.63, 3.8) is 0 Å². The van der Waals surface area contributed by atoms with E-state index < -0.39 is 0 Å². The Hall–Kier alpha value is -3.36. The molecule has 182 valence electrons. The zero-order valence-electron chi connectivity index (χ0n) is 19.3. The van der Waals surface area contributed by atoms with Gasteiger partial charge in [-0.15, -0.1) is 16.4 Å². The van der Waals surface area contributed by atoms with Crippen LogP contribution in [0.25, 0.3) is 27.9 Å². The third kappa shape index (κ3) is 4.24. The van der Waals surface area contributed by atoms with Crippen LogP contribution >= 0.6 is 34.5 Å². The van der Waals surface area contributed by atoms with Gasteiger partial charge in [-0.3, -0.25) is 0 Å². The number of imidazole rings is 2. The Morgan fingerprint density at radius 2 is 1.94 bits per heavy atom. The largest absolute Gasteiger partial charge is 0.375 e. The Morgan fingerprint density at radius 3 is 2.72 bits per heavy atom. The van der Waals surface area contributed by atoms with Crippen molar-refractivity contribution in [1.82, 2.24) is 29.5 Å². The summed E-state index contributed by atoms with van der Waals surface area (Å²) >= 11 is 13.7. The first-order valence-corrected chi connectivity index (χ1v) is 13.0. The molecule has 6 rings (SSSR count). The fourth-order valence-electron chi connectivity index (χ4n) is 4.32. The maximum Gasteiger partial charge on any atom is 0.177 e. The third-order valence-corrected chi connectivity index (χ3v) is 7.86. The first kappa shape index (κ1) is 23.1. The van der Waals surface area contributed by atoms with E-state index in [0.717, 1.165) is 65.8 Å². The summed E-state index contributed by atoms with van der Waals surface area (Å²) < 4.78 is 1.86. The Kier molecular flexibility index (Phi) is 5.93. The molecule has 2 N–H and O–H groups in total. The molecule has 1 aliphatic heterocycles. The van der Waals surface area contributed by atoms with Crippen molar-refractivity contribution in [1.29, 1.82) is 5.26 Å². The van der Waals surface area contributed by atoms with Crippen molar-refractivity contribution < 1.29 is 0 Å². The normalized spacial score (nSPS) is 14.6. The number of aromatic nitrogens is 5. The smallest absolute Gasteiger partial charge is 0.177 e. The summed E-state index contributed by atoms with van der Waals surface area (Å²) in [7, 11) is 2.13. The van der Waals surface area contributed by atoms with Crippen LogP contribution < -0.4 is 10.2 Å². The molecule has 5 aromatic rings. The molecule has 1 fully saturated rings. The van der Waals surface area contributed by atoms with Crippen LogP contribution in [0.2, 0.25) is 10.0 Å². The number of halogens is 2. The van der Waals surface area contributed by atoms with Crippen molar-refractivity contribution in [2.45, 2.75) is 6.54 Å². The molecule has 1 aromatic carbocycles. The summed E-state index contributed by atoms with van der Waals surface area (Å²) in [5.74, 6) is 1.62. The third-order valence-electron chi connectivity index (χ3n) is 6.31. The van der Waals surface area contributed by atoms with Gasteiger partial charge in [0.1, 0.15) is 16.8 Å². The number of piperazine rings is 1. The maximum absolute atomic E-state index is 9.28. The fraction of sp³-hybridized carbons (Fsp3) is 0.250. The summed E-state index contributed by atoms with van der Waals surface area (Å²) in [6, 6.07) is 9.66. The van der Waals surface area contributed by atoms with Gasteiger partial charge in [-0.05, 0) is 25.2 Å². The zero-order chi connectivity index (χ0) is 24.8. The number of H-pyrrole nitrogens is 1. The van der Waals surface area contributed by atoms with E-state index in [2.05, 4.69) is 43.2 Å². The summed E-state index contributed by atoms with van der Waals surface area (Å²) in [5.41, 5.74) is 4.90. The van der Waals surface area contributed by atoms with Crippen LogP contribution in [0.3, 0.4) is 0 Å². The molecule has 1 aliphatic rings. The monoisotopic (exact) mass is 537 g/mol. The molecule has 0 radical (unpaired) electrons. The van der Waals surface area contributed by atoms with Gasteiger partial charge in [0.2, 0.25) is 0 Å². The standard InChI is InChI=1S/C24H21Cl2N9S/c1-33-2-4-34(5-3-33)23-9-20(28-12-22-30-18-7-16(25)17(26)8-19(18)31-22)24-29-11-21(35(24)32-23)14-6-15(10-27)36-13-14/h6-9,11,13,28H,2-5,12H2,1H3,(H,30,31). The Bertz CT molecular complexity index is 1580. The lowest BCUT2D eigenvalue weighted by Crippen LogP contribution is -2.45. The first-order valence-electron chi connectivity index (χ1n) is 11.4. The number of thiophene rings is 1. The SMILES string of the molecule is CN1CCN(c2cc(NCc3nc4cc(Cl)c(Cl)cc4[nH]3)c3ncc(-c4csc(C#N)c4)n3n2)CC1. The van der Waals surface area contributed by atoms with E-state index in [1.54, 1.807) is 18.3 Å². The van der Waals surface area contributed by atoms with E-state index in [1.807, 2.05) is 22.0 Å². The van der Waals surface area contributed by atoms with Crippen LogP contribution in [-0.2, 0) is 6.54 Å². The lowest BCUT2D eigenvalue weighted by molar-refractivity contribution is 0.311. The molecule has 0 amide bonds. The molecule has 1 saturated heterocycles. The van der Waals surface area contributed by atoms with Crippen LogP contribution in [0.15, 0.2) is 35.8 Å². The highest BCUT2D eigenvalue weighted by molar-refractivity contribution is 7.10. The van der Waals surface area contributed by atoms with Crippen molar-refractivity contribution in [2.24, 2.45) is 0 Å². The zero-order valence-corrected chi connectivity index (χ0v) is 21.6. The summed E-state index contributed by atoms with van der Waals surface area (Å²) in [6.07, 6.45) is 1.80. The lowest BCUT2D eigenvalue weighted by atomic mass is 10.2. The van der Waals surface area contributed by atoms with Crippen LogP contribution in [0.1, 0.15) is 10.7 Å². The van der Waals surface area contributed by atoms with E-state index in [-0.39, 0.29) is 0 Å². The molecule has 0 spiro atoms. The molecule has 0 bridgehead atoms. The Morgan fingerprint density at radius 1 is 1.14 bits per heavy atom. The van der Waals surface area contributed by atoms with Crippen molar-refractivity contribution in [3.05, 3.63) is 56.6 Å². The Labute approximate surface area is 220 Å². The van der Waals surface area contributed by atoms with Gasteiger partial charge >= 0.3 is 0 Å². The quantitative estimate of drug-likeness (QED) is 0.329. The van der Waals surface area contributed by atoms with Crippen LogP contribution in [0.4, 0.5) is 11.5 Å². The van der Waals surface area contributed by atoms with E-state index in [1.165, 1.54) is 11.3 Å². The predicted octanol–water partition coefficient (Wildman–Crippen LogP) is 4.88. The minimum absolute atomic E-state index is 0.449. The molecule has 12 heteroatoms. The number of rotatable bonds is 5. The molecule has 0 aliphatic carbocycles. The minimum atomic E-state index is 0.449. The van der Waals surface area contributed by atoms with E-state index in [0.29, 0.717) is 27.1 Å². The minimum Gasteiger partial charge on any atom is -0.375 e. The maximum atomic E-state index is 9.28. The van der Waals surface area contributed by atoms with Gasteiger partial charge < -0.3 is 20.1 Å². The Balaban J connectivity index is 1.38. The number of nitriles is 1. The second-order valence-corrected chi connectivity index (χ2v) is 10.4. The van der Waals surface area contributed by atoms with E-state index in [9.17, 15) is 5.26 Å². The fourth-order valence-corrected chi connectivity index (χ4v) is 5.33. The number of anilines is 2. The number of likely N-dealkylation sites (N-methyl/N-ethyl adjacent to an activating group) is 1. The molecular formula is C24H21Cl2N9S. The predicted molar refractivity (Wildman–Crippen MR) is 144 cm³/mol. The topological polar surface area (TPSA) is 101 Å². The number of hydrogen-bond acceptors (Lipinski definition) is 8. The summed E-state index contributed by atoms with van der Waals surface area (Å²) in [4.78, 5) is 17.9. The average molecular weight is 538 g/mol. The summed E-state index contributed by atoms with van der Waals surface area (Å²) in [6.45, 7) is 4.17. The molecule has 36 heavy (non-hydrogen) atoms. The number of aromatic amines is 1. The van der Waals surface area contributed by atoms with Gasteiger partial charge in [-0.25, -0.2) is 14.5 Å². The number of benzene rings is 1. The van der Waals surface area contributed by atoms with E-state index >= 15 is 0 Å². The van der Waals surface area contributed by atoms with Gasteiger partial charge in [0.15, 0.2) is 11.5 Å². The van der Waals surface area contributed by atoms with Gasteiger partial charge in [0.05, 0.1) is 45.2 Å². The van der Waals surface area contributed by atoms with Gasteiger partial charge in [0, 0.05) is 43.2 Å². The van der Waals surface area contributed by atoms with E-state index in [4.69, 9.17) is 28.3 Å². The highest BCUT2D eigenvalue weighted by Crippen LogP contribution is 2.31. The van der Waals surface area contributed by atoms with Crippen LogP contribution in [-0.4, -0.2) is 62.7 Å². The molecule has 5 heterocycles. The average Bonchev–Trinajstić information content (AvgIpc) is 3.61. The lowest BCUT2D eigenvalue weighted by Gasteiger charge is -2.33. The molecule has 9 nitrogen and oxygen atoms in total. The molecule has 4 aromatic heterocycles. The number of hydrogen-bond donors (Lipinski definition) is 2. The van der Waals surface area contributed by atoms with Crippen LogP contribution in [0.5, 0.6) is 0 Å². The van der Waals surface area contributed by atoms with Crippen LogP contribution in [0, 0.1) is 11.3 Å². The molecule has 0 atom stereocenters. The highest BCUT2D eigenvalue weighted by Gasteiger charge is 2.20. The van der Waals surface area contributed by atoms with Gasteiger partial charge in [-0.1, -0.05) is 23.2 Å². The van der Waals surface area contributed by atoms with Crippen molar-refractivity contribution in [3.8, 4) is 17.3 Å². The summed E-state index contributed by atoms with van der Waals surface area (Å²) in [5, 5.41) is 20.6. The second-order valence-electron chi connectivity index (χ2n) is 8.72. The number of fused-ring (bicyclic) bond motifs is 2. The number of nitrogens with one attached hydrogen (secondary N) is 2. The first-order chi connectivity index (χ1) is 17.5. The van der Waals surface area contributed by atoms with Crippen molar-refractivity contribution in [2.75, 3.05) is 43.4 Å². The number of nitrogens with zero attached hydrogens (tertiary/aromatic N) is 7. The molecular weight excluding hydrogens is 517 g/mol.